The third-order valence-electron chi connectivity index (χ3n) is 7.37. The van der Waals surface area contributed by atoms with Crippen molar-refractivity contribution in [2.24, 2.45) is 5.73 Å². The third kappa shape index (κ3) is 8.27. The molecule has 5 rings (SSSR count). The molecule has 0 saturated carbocycles. The number of carboxylic acid groups (broad SMARTS) is 1. The van der Waals surface area contributed by atoms with Crippen LogP contribution in [-0.4, -0.2) is 55.7 Å². The van der Waals surface area contributed by atoms with Gasteiger partial charge in [0.25, 0.3) is 15.9 Å². The molecule has 8 N–H and O–H groups in total. The van der Waals surface area contributed by atoms with Crippen molar-refractivity contribution < 1.29 is 32.4 Å². The van der Waals surface area contributed by atoms with Crippen molar-refractivity contribution in [1.82, 2.24) is 21.1 Å². The van der Waals surface area contributed by atoms with Crippen LogP contribution in [-0.2, 0) is 34.3 Å². The number of nitrogens with zero attached hydrogens (tertiary/aromatic N) is 1. The maximum Gasteiger partial charge on any atom is 0.326 e. The number of aromatic nitrogens is 1. The minimum Gasteiger partial charge on any atom is -0.492 e. The molecule has 0 unspecified atom stereocenters. The molecule has 47 heavy (non-hydrogen) atoms. The van der Waals surface area contributed by atoms with Gasteiger partial charge in [-0.1, -0.05) is 29.4 Å². The Hall–Kier alpha value is -4.93. The van der Waals surface area contributed by atoms with Crippen LogP contribution in [0.2, 0.25) is 0 Å². The minimum atomic E-state index is -4.27. The molecule has 14 nitrogen and oxygen atoms in total. The van der Waals surface area contributed by atoms with Crippen molar-refractivity contribution in [2.45, 2.75) is 50.2 Å². The van der Waals surface area contributed by atoms with E-state index in [2.05, 4.69) is 25.8 Å². The molecular weight excluding hydrogens is 647 g/mol. The van der Waals surface area contributed by atoms with E-state index in [0.29, 0.717) is 38.1 Å². The highest BCUT2D eigenvalue weighted by Gasteiger charge is 2.30. The van der Waals surface area contributed by atoms with E-state index in [9.17, 15) is 23.1 Å². The summed E-state index contributed by atoms with van der Waals surface area (Å²) in [7, 11) is -4.27. The quantitative estimate of drug-likeness (QED) is 0.0548. The van der Waals surface area contributed by atoms with E-state index in [1.807, 2.05) is 43.3 Å². The van der Waals surface area contributed by atoms with Gasteiger partial charge in [-0.2, -0.15) is 0 Å². The Morgan fingerprint density at radius 1 is 1.17 bits per heavy atom. The molecule has 0 fully saturated rings. The van der Waals surface area contributed by atoms with E-state index < -0.39 is 27.9 Å². The number of thiophene rings is 1. The first-order chi connectivity index (χ1) is 22.5. The van der Waals surface area contributed by atoms with Gasteiger partial charge in [-0.05, 0) is 65.6 Å². The number of guanidine groups is 1. The summed E-state index contributed by atoms with van der Waals surface area (Å²) in [5.41, 5.74) is 9.27. The normalized spacial score (nSPS) is 13.0. The van der Waals surface area contributed by atoms with Crippen LogP contribution in [0.15, 0.2) is 63.3 Å². The second-order valence-corrected chi connectivity index (χ2v) is 13.4. The number of carbonyl (C=O) groups excluding carboxylic acids is 1. The number of hydrogen-bond donors (Lipinski definition) is 7. The van der Waals surface area contributed by atoms with E-state index in [1.54, 1.807) is 11.4 Å². The molecule has 0 bridgehead atoms. The van der Waals surface area contributed by atoms with Crippen molar-refractivity contribution in [3.8, 4) is 16.9 Å². The van der Waals surface area contributed by atoms with Crippen molar-refractivity contribution in [1.29, 1.82) is 5.41 Å². The van der Waals surface area contributed by atoms with Crippen LogP contribution in [0.3, 0.4) is 0 Å². The largest absolute Gasteiger partial charge is 0.492 e. The molecular formula is C31H35N7O7S2. The van der Waals surface area contributed by atoms with Crippen LogP contribution < -0.4 is 31.1 Å². The van der Waals surface area contributed by atoms with Crippen LogP contribution in [0.1, 0.15) is 45.1 Å². The number of aryl methyl sites for hydroxylation is 1. The summed E-state index contributed by atoms with van der Waals surface area (Å²) in [4.78, 5) is 24.9. The molecule has 16 heteroatoms. The smallest absolute Gasteiger partial charge is 0.326 e. The average molecular weight is 682 g/mol. The fourth-order valence-corrected chi connectivity index (χ4v) is 7.29. The molecule has 1 aliphatic rings. The van der Waals surface area contributed by atoms with Gasteiger partial charge >= 0.3 is 5.97 Å². The summed E-state index contributed by atoms with van der Waals surface area (Å²) >= 11 is 0.977. The number of rotatable bonds is 15. The topological polar surface area (TPSA) is 222 Å². The predicted octanol–water partition coefficient (Wildman–Crippen LogP) is 3.18. The van der Waals surface area contributed by atoms with Gasteiger partial charge in [-0.15, -0.1) is 11.3 Å². The lowest BCUT2D eigenvalue weighted by atomic mass is 9.97. The summed E-state index contributed by atoms with van der Waals surface area (Å²) < 4.78 is 41.3. The first kappa shape index (κ1) is 33.4. The standard InChI is InChI=1S/C31H35N7O7S2/c1-18-13-22(37-45-18)17-34-16-20-5-2-3-6-23(20)21-14-19-8-11-44-27(19)26(15-21)47(42,43)38-24-9-12-46-28(24)29(39)36-25(30(40)41)7-4-10-35-31(32)33/h2-3,5-6,9,12-15,25,34,38H,4,7-8,10-11,16-17H2,1H3,(H,36,39)(H,40,41)(H4,32,33,35)/t25-/m0/s1. The molecule has 0 saturated heterocycles. The molecule has 3 heterocycles. The van der Waals surface area contributed by atoms with Crippen LogP contribution in [0.5, 0.6) is 5.75 Å². The summed E-state index contributed by atoms with van der Waals surface area (Å²) in [6.07, 6.45) is 0.922. The fourth-order valence-electron chi connectivity index (χ4n) is 5.19. The Morgan fingerprint density at radius 2 is 1.98 bits per heavy atom. The Kier molecular flexibility index (Phi) is 10.4. The Bertz CT molecular complexity index is 1890. The highest BCUT2D eigenvalue weighted by Crippen LogP contribution is 2.39. The fraction of sp³-hybridized carbons (Fsp3) is 0.290. The Labute approximate surface area is 275 Å². The Morgan fingerprint density at radius 3 is 2.72 bits per heavy atom. The maximum absolute atomic E-state index is 13.9. The lowest BCUT2D eigenvalue weighted by Crippen LogP contribution is -2.41. The van der Waals surface area contributed by atoms with Gasteiger partial charge in [-0.3, -0.25) is 14.9 Å². The molecule has 0 spiro atoms. The monoisotopic (exact) mass is 681 g/mol. The van der Waals surface area contributed by atoms with Gasteiger partial charge in [0, 0.05) is 32.1 Å². The lowest BCUT2D eigenvalue weighted by molar-refractivity contribution is -0.139. The van der Waals surface area contributed by atoms with Crippen LogP contribution in [0, 0.1) is 12.3 Å². The van der Waals surface area contributed by atoms with Crippen molar-refractivity contribution in [2.75, 3.05) is 17.9 Å². The number of aliphatic carboxylic acids is 1. The van der Waals surface area contributed by atoms with Crippen molar-refractivity contribution >= 4 is 44.9 Å². The molecule has 1 amide bonds. The number of sulfonamides is 1. The number of hydrogen-bond acceptors (Lipinski definition) is 10. The number of carboxylic acids is 1. The van der Waals surface area contributed by atoms with E-state index in [4.69, 9.17) is 20.4 Å². The van der Waals surface area contributed by atoms with Crippen molar-refractivity contribution in [3.05, 3.63) is 81.4 Å². The van der Waals surface area contributed by atoms with Crippen molar-refractivity contribution in [3.63, 3.8) is 0 Å². The van der Waals surface area contributed by atoms with Gasteiger partial charge in [0.2, 0.25) is 0 Å². The summed E-state index contributed by atoms with van der Waals surface area (Å²) in [5, 5.41) is 30.8. The second kappa shape index (κ2) is 14.7. The number of nitrogens with one attached hydrogen (secondary N) is 5. The minimum absolute atomic E-state index is 0.00845. The van der Waals surface area contributed by atoms with Gasteiger partial charge in [-0.25, -0.2) is 13.2 Å². The second-order valence-electron chi connectivity index (χ2n) is 10.9. The zero-order valence-electron chi connectivity index (χ0n) is 25.5. The molecule has 0 radical (unpaired) electrons. The number of anilines is 1. The lowest BCUT2D eigenvalue weighted by Gasteiger charge is -2.17. The van der Waals surface area contributed by atoms with Gasteiger partial charge in [0.15, 0.2) is 5.96 Å². The van der Waals surface area contributed by atoms with Gasteiger partial charge in [0.05, 0.1) is 18.0 Å². The number of ether oxygens (including phenoxy) is 1. The van der Waals surface area contributed by atoms with Crippen LogP contribution in [0.4, 0.5) is 5.69 Å². The van der Waals surface area contributed by atoms with Gasteiger partial charge < -0.3 is 36.1 Å². The number of benzene rings is 2. The highest BCUT2D eigenvalue weighted by molar-refractivity contribution is 7.92. The molecule has 2 aromatic carbocycles. The molecule has 4 aromatic rings. The molecule has 248 valence electrons. The van der Waals surface area contributed by atoms with E-state index in [0.717, 1.165) is 39.5 Å². The summed E-state index contributed by atoms with van der Waals surface area (Å²) in [6.45, 7) is 3.40. The number of fused-ring (bicyclic) bond motifs is 1. The molecule has 0 aliphatic carbocycles. The zero-order valence-corrected chi connectivity index (χ0v) is 27.1. The van der Waals surface area contributed by atoms with Gasteiger partial charge in [0.1, 0.15) is 27.3 Å². The number of carbonyl (C=O) groups is 2. The van der Waals surface area contributed by atoms with E-state index >= 15 is 0 Å². The first-order valence-electron chi connectivity index (χ1n) is 14.7. The molecule has 1 aliphatic heterocycles. The van der Waals surface area contributed by atoms with E-state index in [1.165, 1.54) is 6.07 Å². The summed E-state index contributed by atoms with van der Waals surface area (Å²) in [6, 6.07) is 13.3. The van der Waals surface area contributed by atoms with Crippen LogP contribution in [0.25, 0.3) is 11.1 Å². The SMILES string of the molecule is Cc1cc(CNCc2ccccc2-c2cc3c(c(S(=O)(=O)Nc4ccsc4C(=O)N[C@@H](CCCNC(=N)N)C(=O)O)c2)OCC3)no1. The highest BCUT2D eigenvalue weighted by atomic mass is 32.2. The van der Waals surface area contributed by atoms with Crippen LogP contribution >= 0.6 is 11.3 Å². The number of amides is 1. The average Bonchev–Trinajstić information content (AvgIpc) is 3.79. The molecule has 2 aromatic heterocycles. The predicted molar refractivity (Wildman–Crippen MR) is 176 cm³/mol. The molecule has 1 atom stereocenters. The van der Waals surface area contributed by atoms with E-state index in [-0.39, 0.29) is 40.1 Å². The number of nitrogens with two attached hydrogens (primary N) is 1. The third-order valence-corrected chi connectivity index (χ3v) is 9.65. The first-order valence-corrected chi connectivity index (χ1v) is 17.1. The zero-order chi connectivity index (χ0) is 33.6. The Balaban J connectivity index is 1.36. The summed E-state index contributed by atoms with van der Waals surface area (Å²) in [5.74, 6) is -1.24. The maximum atomic E-state index is 13.9.